The first-order chi connectivity index (χ1) is 7.99. The molecule has 0 aromatic heterocycles. The molecule has 0 bridgehead atoms. The summed E-state index contributed by atoms with van der Waals surface area (Å²) < 4.78 is 0. The summed E-state index contributed by atoms with van der Waals surface area (Å²) in [4.78, 5) is 21.8. The third kappa shape index (κ3) is 4.65. The van der Waals surface area contributed by atoms with E-state index in [4.69, 9.17) is 5.73 Å². The van der Waals surface area contributed by atoms with E-state index in [2.05, 4.69) is 5.32 Å². The summed E-state index contributed by atoms with van der Waals surface area (Å²) in [5.41, 5.74) is 7.12. The molecule has 1 rings (SSSR count). The van der Waals surface area contributed by atoms with Crippen LogP contribution in [0.25, 0.3) is 0 Å². The molecular weight excluding hydrogens is 218 g/mol. The molecule has 1 unspecified atom stereocenters. The van der Waals surface area contributed by atoms with E-state index in [1.165, 1.54) is 5.56 Å². The van der Waals surface area contributed by atoms with Crippen LogP contribution < -0.4 is 16.4 Å². The van der Waals surface area contributed by atoms with Crippen molar-refractivity contribution in [1.82, 2.24) is 10.6 Å². The molecule has 92 valence electrons. The van der Waals surface area contributed by atoms with Crippen molar-refractivity contribution >= 4 is 11.9 Å². The van der Waals surface area contributed by atoms with Crippen LogP contribution in [0.5, 0.6) is 0 Å². The maximum atomic E-state index is 11.4. The molecule has 5 nitrogen and oxygen atoms in total. The highest BCUT2D eigenvalue weighted by Gasteiger charge is 2.13. The molecule has 1 aromatic rings. The Hall–Kier alpha value is -1.88. The first-order valence-electron chi connectivity index (χ1n) is 5.38. The van der Waals surface area contributed by atoms with Crippen molar-refractivity contribution in [3.8, 4) is 0 Å². The van der Waals surface area contributed by atoms with E-state index in [1.54, 1.807) is 6.92 Å². The Morgan fingerprint density at radius 2 is 1.88 bits per heavy atom. The van der Waals surface area contributed by atoms with Gasteiger partial charge in [0.15, 0.2) is 0 Å². The summed E-state index contributed by atoms with van der Waals surface area (Å²) in [5.74, 6) is -0.426. The van der Waals surface area contributed by atoms with Crippen LogP contribution in [-0.2, 0) is 11.3 Å². The van der Waals surface area contributed by atoms with Gasteiger partial charge in [-0.15, -0.1) is 0 Å². The minimum absolute atomic E-state index is 0.426. The summed E-state index contributed by atoms with van der Waals surface area (Å²) >= 11 is 0. The standard InChI is InChI=1S/C12H17N3O2/c1-8-3-5-10(6-4-8)7-14-9(2)11(16)15-12(13)17/h3-6,9,14H,7H2,1-2H3,(H3,13,15,16,17). The van der Waals surface area contributed by atoms with Crippen molar-refractivity contribution < 1.29 is 9.59 Å². The lowest BCUT2D eigenvalue weighted by Crippen LogP contribution is -2.46. The van der Waals surface area contributed by atoms with E-state index in [0.717, 1.165) is 5.56 Å². The first kappa shape index (κ1) is 13.2. The van der Waals surface area contributed by atoms with Crippen LogP contribution in [0, 0.1) is 6.92 Å². The summed E-state index contributed by atoms with van der Waals surface area (Å²) in [5, 5.41) is 5.03. The normalized spacial score (nSPS) is 11.9. The molecule has 0 aliphatic heterocycles. The second kappa shape index (κ2) is 6.00. The smallest absolute Gasteiger partial charge is 0.318 e. The molecule has 0 heterocycles. The topological polar surface area (TPSA) is 84.2 Å². The molecule has 0 fully saturated rings. The number of carbonyl (C=O) groups is 2. The van der Waals surface area contributed by atoms with Crippen LogP contribution >= 0.6 is 0 Å². The van der Waals surface area contributed by atoms with Crippen LogP contribution in [0.3, 0.4) is 0 Å². The molecule has 0 aliphatic carbocycles. The van der Waals surface area contributed by atoms with Gasteiger partial charge in [0.2, 0.25) is 5.91 Å². The number of carbonyl (C=O) groups excluding carboxylic acids is 2. The molecule has 0 aliphatic rings. The Kier molecular flexibility index (Phi) is 4.66. The molecule has 3 amide bonds. The van der Waals surface area contributed by atoms with Crippen molar-refractivity contribution in [3.05, 3.63) is 35.4 Å². The van der Waals surface area contributed by atoms with Gasteiger partial charge in [-0.1, -0.05) is 29.8 Å². The van der Waals surface area contributed by atoms with E-state index < -0.39 is 18.0 Å². The minimum Gasteiger partial charge on any atom is -0.351 e. The van der Waals surface area contributed by atoms with Gasteiger partial charge in [-0.05, 0) is 19.4 Å². The van der Waals surface area contributed by atoms with Gasteiger partial charge in [0.1, 0.15) is 0 Å². The molecular formula is C12H17N3O2. The predicted octanol–water partition coefficient (Wildman–Crippen LogP) is 0.668. The van der Waals surface area contributed by atoms with E-state index >= 15 is 0 Å². The number of hydrogen-bond acceptors (Lipinski definition) is 3. The van der Waals surface area contributed by atoms with Crippen molar-refractivity contribution in [2.45, 2.75) is 26.4 Å². The maximum absolute atomic E-state index is 11.4. The molecule has 17 heavy (non-hydrogen) atoms. The highest BCUT2D eigenvalue weighted by molar-refractivity contribution is 5.96. The third-order valence-corrected chi connectivity index (χ3v) is 2.37. The Bertz CT molecular complexity index is 401. The van der Waals surface area contributed by atoms with Gasteiger partial charge < -0.3 is 11.1 Å². The number of primary amides is 1. The molecule has 4 N–H and O–H groups in total. The molecule has 0 spiro atoms. The molecule has 1 atom stereocenters. The first-order valence-corrected chi connectivity index (χ1v) is 5.38. The van der Waals surface area contributed by atoms with Gasteiger partial charge >= 0.3 is 6.03 Å². The van der Waals surface area contributed by atoms with E-state index in [1.807, 2.05) is 36.5 Å². The monoisotopic (exact) mass is 235 g/mol. The summed E-state index contributed by atoms with van der Waals surface area (Å²) in [7, 11) is 0. The maximum Gasteiger partial charge on any atom is 0.318 e. The number of aryl methyl sites for hydroxylation is 1. The zero-order valence-corrected chi connectivity index (χ0v) is 9.99. The Morgan fingerprint density at radius 1 is 1.29 bits per heavy atom. The van der Waals surface area contributed by atoms with Crippen LogP contribution in [-0.4, -0.2) is 18.0 Å². The van der Waals surface area contributed by atoms with Crippen molar-refractivity contribution in [2.75, 3.05) is 0 Å². The second-order valence-corrected chi connectivity index (χ2v) is 3.94. The molecule has 0 radical (unpaired) electrons. The largest absolute Gasteiger partial charge is 0.351 e. The predicted molar refractivity (Wildman–Crippen MR) is 65.2 cm³/mol. The minimum atomic E-state index is -0.834. The van der Waals surface area contributed by atoms with E-state index in [9.17, 15) is 9.59 Å². The number of benzene rings is 1. The number of rotatable bonds is 4. The number of nitrogens with two attached hydrogens (primary N) is 1. The summed E-state index contributed by atoms with van der Waals surface area (Å²) in [6.07, 6.45) is 0. The van der Waals surface area contributed by atoms with Gasteiger partial charge in [0.05, 0.1) is 6.04 Å². The highest BCUT2D eigenvalue weighted by atomic mass is 16.2. The lowest BCUT2D eigenvalue weighted by Gasteiger charge is -2.12. The fourth-order valence-electron chi connectivity index (χ4n) is 1.30. The zero-order valence-electron chi connectivity index (χ0n) is 9.99. The fraction of sp³-hybridized carbons (Fsp3) is 0.333. The van der Waals surface area contributed by atoms with Crippen molar-refractivity contribution in [1.29, 1.82) is 0 Å². The van der Waals surface area contributed by atoms with Crippen LogP contribution in [0.1, 0.15) is 18.1 Å². The summed E-state index contributed by atoms with van der Waals surface area (Å²) in [6, 6.07) is 6.68. The molecule has 0 saturated heterocycles. The van der Waals surface area contributed by atoms with Crippen molar-refractivity contribution in [2.24, 2.45) is 5.73 Å². The Morgan fingerprint density at radius 3 is 2.41 bits per heavy atom. The number of hydrogen-bond donors (Lipinski definition) is 3. The van der Waals surface area contributed by atoms with Gasteiger partial charge in [-0.2, -0.15) is 0 Å². The second-order valence-electron chi connectivity index (χ2n) is 3.94. The molecule has 0 saturated carbocycles. The molecule has 5 heteroatoms. The van der Waals surface area contributed by atoms with Gasteiger partial charge in [0, 0.05) is 6.54 Å². The van der Waals surface area contributed by atoms with Gasteiger partial charge in [0.25, 0.3) is 0 Å². The Balaban J connectivity index is 2.42. The van der Waals surface area contributed by atoms with Crippen LogP contribution in [0.2, 0.25) is 0 Å². The average Bonchev–Trinajstić information content (AvgIpc) is 2.27. The number of imide groups is 1. The van der Waals surface area contributed by atoms with E-state index in [-0.39, 0.29) is 0 Å². The van der Waals surface area contributed by atoms with Gasteiger partial charge in [-0.25, -0.2) is 4.79 Å². The highest BCUT2D eigenvalue weighted by Crippen LogP contribution is 2.02. The molecule has 1 aromatic carbocycles. The van der Waals surface area contributed by atoms with Crippen LogP contribution in [0.15, 0.2) is 24.3 Å². The number of amides is 3. The van der Waals surface area contributed by atoms with E-state index in [0.29, 0.717) is 6.54 Å². The lowest BCUT2D eigenvalue weighted by molar-refractivity contribution is -0.121. The Labute approximate surface area is 100 Å². The number of nitrogens with one attached hydrogen (secondary N) is 2. The van der Waals surface area contributed by atoms with Crippen LogP contribution in [0.4, 0.5) is 4.79 Å². The quantitative estimate of drug-likeness (QED) is 0.717. The average molecular weight is 235 g/mol. The third-order valence-electron chi connectivity index (χ3n) is 2.37. The number of urea groups is 1. The SMILES string of the molecule is Cc1ccc(CNC(C)C(=O)NC(N)=O)cc1. The zero-order chi connectivity index (χ0) is 12.8. The fourth-order valence-corrected chi connectivity index (χ4v) is 1.30. The van der Waals surface area contributed by atoms with Crippen molar-refractivity contribution in [3.63, 3.8) is 0 Å². The lowest BCUT2D eigenvalue weighted by atomic mass is 10.1. The summed E-state index contributed by atoms with van der Waals surface area (Å²) in [6.45, 7) is 4.25. The van der Waals surface area contributed by atoms with Gasteiger partial charge in [-0.3, -0.25) is 10.1 Å².